The fourth-order valence-corrected chi connectivity index (χ4v) is 6.17. The van der Waals surface area contributed by atoms with E-state index in [4.69, 9.17) is 4.74 Å². The molecule has 0 aromatic heterocycles. The third-order valence-corrected chi connectivity index (χ3v) is 7.04. The van der Waals surface area contributed by atoms with Crippen LogP contribution < -0.4 is 4.46 Å². The first-order valence-electron chi connectivity index (χ1n) is 6.43. The Labute approximate surface area is 113 Å². The number of hydrogen-bond donors (Lipinski definition) is 0. The second-order valence-electron chi connectivity index (χ2n) is 5.22. The Bertz CT molecular complexity index is 525. The molecule has 2 fully saturated rings. The molecule has 0 spiro atoms. The van der Waals surface area contributed by atoms with Crippen LogP contribution in [0.3, 0.4) is 0 Å². The van der Waals surface area contributed by atoms with E-state index in [1.165, 1.54) is 4.46 Å². The van der Waals surface area contributed by atoms with Crippen LogP contribution in [-0.4, -0.2) is 31.3 Å². The number of hydrogen-bond acceptors (Lipinski definition) is 2. The molecule has 1 saturated carbocycles. The van der Waals surface area contributed by atoms with Crippen molar-refractivity contribution < 1.29 is 9.53 Å². The monoisotopic (exact) mass is 306 g/mol. The van der Waals surface area contributed by atoms with Gasteiger partial charge in [0.25, 0.3) is 0 Å². The van der Waals surface area contributed by atoms with Crippen molar-refractivity contribution in [3.63, 3.8) is 0 Å². The van der Waals surface area contributed by atoms with Gasteiger partial charge >= 0.3 is 112 Å². The molecule has 1 saturated heterocycles. The zero-order valence-corrected chi connectivity index (χ0v) is 11.6. The first-order chi connectivity index (χ1) is 8.78. The summed E-state index contributed by atoms with van der Waals surface area (Å²) in [6.45, 7) is 0. The molecule has 2 heterocycles. The van der Waals surface area contributed by atoms with Gasteiger partial charge in [0, 0.05) is 0 Å². The van der Waals surface area contributed by atoms with E-state index in [1.54, 1.807) is 0 Å². The molecule has 2 nitrogen and oxygen atoms in total. The molecule has 0 unspecified atom stereocenters. The summed E-state index contributed by atoms with van der Waals surface area (Å²) in [5.41, 5.74) is 0. The SMILES string of the molecule is O=C1[C@H]2CC[C@@H]1[C@@]1([Se]c3ccccc3)C=C[C@@H]2O1. The van der Waals surface area contributed by atoms with Gasteiger partial charge in [-0.25, -0.2) is 0 Å². The van der Waals surface area contributed by atoms with E-state index in [0.717, 1.165) is 12.8 Å². The Morgan fingerprint density at radius 2 is 2.06 bits per heavy atom. The van der Waals surface area contributed by atoms with Crippen molar-refractivity contribution in [2.75, 3.05) is 0 Å². The van der Waals surface area contributed by atoms with Crippen molar-refractivity contribution in [2.45, 2.75) is 23.4 Å². The van der Waals surface area contributed by atoms with Gasteiger partial charge in [0.2, 0.25) is 0 Å². The standard InChI is InChI=1S/C15H14O2Se/c16-14-11-6-7-12(14)15(9-8-13(11)17-15)18-10-4-2-1-3-5-10/h1-5,8-9,11-13H,6-7H2/t11-,12-,13-,15-/m0/s1. The number of carbonyl (C=O) groups is 1. The maximum absolute atomic E-state index is 12.3. The van der Waals surface area contributed by atoms with Gasteiger partial charge in [-0.15, -0.1) is 0 Å². The summed E-state index contributed by atoms with van der Waals surface area (Å²) >= 11 is 0.176. The van der Waals surface area contributed by atoms with Crippen LogP contribution >= 0.6 is 0 Å². The van der Waals surface area contributed by atoms with Crippen LogP contribution in [-0.2, 0) is 9.53 Å². The van der Waals surface area contributed by atoms with Crippen LogP contribution in [0.4, 0.5) is 0 Å². The van der Waals surface area contributed by atoms with E-state index in [1.807, 2.05) is 6.07 Å². The molecule has 3 aliphatic rings. The minimum atomic E-state index is -0.289. The summed E-state index contributed by atoms with van der Waals surface area (Å²) < 4.78 is 7.27. The van der Waals surface area contributed by atoms with Gasteiger partial charge in [-0.2, -0.15) is 0 Å². The van der Waals surface area contributed by atoms with E-state index >= 15 is 0 Å². The first-order valence-corrected chi connectivity index (χ1v) is 8.15. The Hall–Kier alpha value is -0.891. The van der Waals surface area contributed by atoms with Crippen molar-refractivity contribution in [3.05, 3.63) is 42.5 Å². The summed E-state index contributed by atoms with van der Waals surface area (Å²) in [4.78, 5) is 12.3. The molecule has 4 rings (SSSR count). The van der Waals surface area contributed by atoms with Gasteiger partial charge in [0.15, 0.2) is 0 Å². The third-order valence-electron chi connectivity index (χ3n) is 4.22. The van der Waals surface area contributed by atoms with E-state index in [0.29, 0.717) is 5.78 Å². The Morgan fingerprint density at radius 1 is 1.22 bits per heavy atom. The number of carbonyl (C=O) groups excluding carboxylic acids is 1. The molecule has 1 aliphatic carbocycles. The van der Waals surface area contributed by atoms with Gasteiger partial charge in [-0.3, -0.25) is 0 Å². The van der Waals surface area contributed by atoms with Gasteiger partial charge in [0.1, 0.15) is 0 Å². The summed E-state index contributed by atoms with van der Waals surface area (Å²) in [6.07, 6.45) is 6.41. The number of rotatable bonds is 2. The number of Topliss-reactive ketones (excluding diaryl/α,β-unsaturated/α-hetero) is 1. The first kappa shape index (κ1) is 11.0. The normalized spacial score (nSPS) is 40.4. The zero-order chi connectivity index (χ0) is 12.2. The zero-order valence-electron chi connectivity index (χ0n) is 9.91. The van der Waals surface area contributed by atoms with Crippen LogP contribution in [0.25, 0.3) is 0 Å². The minimum absolute atomic E-state index is 0.0573. The summed E-state index contributed by atoms with van der Waals surface area (Å²) in [5, 5.41) is 0. The molecular weight excluding hydrogens is 291 g/mol. The average Bonchev–Trinajstić information content (AvgIpc) is 2.87. The predicted octanol–water partition coefficient (Wildman–Crippen LogP) is 1.28. The number of fused-ring (bicyclic) bond motifs is 6. The van der Waals surface area contributed by atoms with Crippen LogP contribution in [0.15, 0.2) is 42.5 Å². The molecule has 0 N–H and O–H groups in total. The fraction of sp³-hybridized carbons (Fsp3) is 0.400. The molecule has 3 heteroatoms. The molecule has 18 heavy (non-hydrogen) atoms. The van der Waals surface area contributed by atoms with Crippen molar-refractivity contribution in [2.24, 2.45) is 11.8 Å². The van der Waals surface area contributed by atoms with Gasteiger partial charge in [0.05, 0.1) is 0 Å². The van der Waals surface area contributed by atoms with E-state index < -0.39 is 0 Å². The molecule has 2 aliphatic heterocycles. The summed E-state index contributed by atoms with van der Waals surface area (Å²) in [7, 11) is 0. The molecule has 0 amide bonds. The second-order valence-corrected chi connectivity index (χ2v) is 7.97. The molecule has 4 atom stereocenters. The van der Waals surface area contributed by atoms with Crippen LogP contribution in [0.5, 0.6) is 0 Å². The van der Waals surface area contributed by atoms with E-state index in [2.05, 4.69) is 36.4 Å². The van der Waals surface area contributed by atoms with Crippen molar-refractivity contribution in [3.8, 4) is 0 Å². The number of ketones is 1. The molecule has 1 aromatic carbocycles. The molecule has 92 valence electrons. The number of ether oxygens (including phenoxy) is 1. The van der Waals surface area contributed by atoms with Gasteiger partial charge in [-0.1, -0.05) is 0 Å². The fourth-order valence-electron chi connectivity index (χ4n) is 3.35. The number of benzene rings is 1. The Balaban J connectivity index is 1.71. The molecule has 0 radical (unpaired) electrons. The molecular formula is C15H14O2Se. The van der Waals surface area contributed by atoms with E-state index in [-0.39, 0.29) is 37.4 Å². The average molecular weight is 305 g/mol. The molecule has 4 bridgehead atoms. The van der Waals surface area contributed by atoms with E-state index in [9.17, 15) is 4.79 Å². The summed E-state index contributed by atoms with van der Waals surface area (Å²) in [5.74, 6) is 0.709. The third kappa shape index (κ3) is 1.41. The Kier molecular flexibility index (Phi) is 2.32. The Morgan fingerprint density at radius 3 is 2.89 bits per heavy atom. The van der Waals surface area contributed by atoms with Crippen molar-refractivity contribution in [1.29, 1.82) is 0 Å². The predicted molar refractivity (Wildman–Crippen MR) is 69.8 cm³/mol. The quantitative estimate of drug-likeness (QED) is 0.608. The second kappa shape index (κ2) is 3.80. The van der Waals surface area contributed by atoms with Gasteiger partial charge in [-0.05, 0) is 0 Å². The maximum atomic E-state index is 12.3. The molecule has 1 aromatic rings. The van der Waals surface area contributed by atoms with Crippen molar-refractivity contribution in [1.82, 2.24) is 0 Å². The van der Waals surface area contributed by atoms with Crippen LogP contribution in [0, 0.1) is 11.8 Å². The summed E-state index contributed by atoms with van der Waals surface area (Å²) in [6, 6.07) is 10.4. The van der Waals surface area contributed by atoms with Crippen LogP contribution in [0.1, 0.15) is 12.8 Å². The van der Waals surface area contributed by atoms with Crippen LogP contribution in [0.2, 0.25) is 0 Å². The van der Waals surface area contributed by atoms with Gasteiger partial charge < -0.3 is 0 Å². The topological polar surface area (TPSA) is 26.3 Å². The van der Waals surface area contributed by atoms with Crippen molar-refractivity contribution >= 4 is 25.2 Å².